The number of hydrogen-bond donors (Lipinski definition) is 1. The summed E-state index contributed by atoms with van der Waals surface area (Å²) in [6, 6.07) is 5.92. The van der Waals surface area contributed by atoms with E-state index in [1.165, 1.54) is 22.5 Å². The summed E-state index contributed by atoms with van der Waals surface area (Å²) >= 11 is 0. The van der Waals surface area contributed by atoms with Crippen LogP contribution >= 0.6 is 0 Å². The Morgan fingerprint density at radius 2 is 1.87 bits per heavy atom. The molecule has 0 saturated carbocycles. The smallest absolute Gasteiger partial charge is 0.292 e. The first-order valence-electron chi connectivity index (χ1n) is 6.98. The van der Waals surface area contributed by atoms with Gasteiger partial charge in [-0.15, -0.1) is 0 Å². The Morgan fingerprint density at radius 3 is 2.43 bits per heavy atom. The lowest BCUT2D eigenvalue weighted by Gasteiger charge is -2.32. The SMILES string of the molecule is CS(=O)(=O)N1CCN(CC(=O)Nc2ccccc2[N+](=O)[O-])CC1. The van der Waals surface area contributed by atoms with E-state index in [0.717, 1.165) is 6.26 Å². The third-order valence-electron chi connectivity index (χ3n) is 3.54. The molecule has 9 nitrogen and oxygen atoms in total. The van der Waals surface area contributed by atoms with Gasteiger partial charge in [0.2, 0.25) is 15.9 Å². The molecule has 0 radical (unpaired) electrons. The van der Waals surface area contributed by atoms with Gasteiger partial charge in [0.05, 0.1) is 17.7 Å². The monoisotopic (exact) mass is 342 g/mol. The predicted molar refractivity (Wildman–Crippen MR) is 84.6 cm³/mol. The Morgan fingerprint density at radius 1 is 1.26 bits per heavy atom. The van der Waals surface area contributed by atoms with Gasteiger partial charge in [-0.25, -0.2) is 8.42 Å². The number of piperazine rings is 1. The molecule has 1 N–H and O–H groups in total. The fourth-order valence-electron chi connectivity index (χ4n) is 2.35. The molecule has 1 heterocycles. The van der Waals surface area contributed by atoms with Crippen LogP contribution in [0.1, 0.15) is 0 Å². The van der Waals surface area contributed by atoms with Crippen LogP contribution in [-0.4, -0.2) is 67.4 Å². The van der Waals surface area contributed by atoms with Crippen molar-refractivity contribution in [2.24, 2.45) is 0 Å². The molecule has 0 unspecified atom stereocenters. The van der Waals surface area contributed by atoms with Gasteiger partial charge in [0, 0.05) is 32.2 Å². The van der Waals surface area contributed by atoms with Crippen molar-refractivity contribution in [1.29, 1.82) is 0 Å². The highest BCUT2D eigenvalue weighted by Gasteiger charge is 2.24. The fraction of sp³-hybridized carbons (Fsp3) is 0.462. The molecular formula is C13H18N4O5S. The Hall–Kier alpha value is -2.04. The van der Waals surface area contributed by atoms with E-state index in [1.807, 2.05) is 4.90 Å². The molecule has 1 aliphatic heterocycles. The van der Waals surface area contributed by atoms with Crippen molar-refractivity contribution in [2.45, 2.75) is 0 Å². The van der Waals surface area contributed by atoms with Gasteiger partial charge in [-0.1, -0.05) is 12.1 Å². The van der Waals surface area contributed by atoms with Crippen LogP contribution in [0, 0.1) is 10.1 Å². The summed E-state index contributed by atoms with van der Waals surface area (Å²) in [5, 5.41) is 13.4. The topological polar surface area (TPSA) is 113 Å². The van der Waals surface area contributed by atoms with E-state index < -0.39 is 14.9 Å². The molecule has 1 fully saturated rings. The summed E-state index contributed by atoms with van der Waals surface area (Å²) in [4.78, 5) is 24.2. The van der Waals surface area contributed by atoms with Crippen LogP contribution in [0.5, 0.6) is 0 Å². The number of nitro groups is 1. The quantitative estimate of drug-likeness (QED) is 0.600. The average molecular weight is 342 g/mol. The molecule has 1 aromatic rings. The maximum Gasteiger partial charge on any atom is 0.292 e. The molecule has 1 amide bonds. The number of nitrogens with zero attached hydrogens (tertiary/aromatic N) is 3. The number of nitrogens with one attached hydrogen (secondary N) is 1. The van der Waals surface area contributed by atoms with Gasteiger partial charge in [-0.05, 0) is 6.07 Å². The minimum absolute atomic E-state index is 0.0592. The first-order chi connectivity index (χ1) is 10.8. The zero-order valence-electron chi connectivity index (χ0n) is 12.6. The van der Waals surface area contributed by atoms with Crippen molar-refractivity contribution in [3.8, 4) is 0 Å². The largest absolute Gasteiger partial charge is 0.319 e. The van der Waals surface area contributed by atoms with Crippen LogP contribution in [0.2, 0.25) is 0 Å². The van der Waals surface area contributed by atoms with E-state index in [4.69, 9.17) is 0 Å². The fourth-order valence-corrected chi connectivity index (χ4v) is 3.18. The van der Waals surface area contributed by atoms with E-state index in [2.05, 4.69) is 5.32 Å². The summed E-state index contributed by atoms with van der Waals surface area (Å²) < 4.78 is 24.2. The van der Waals surface area contributed by atoms with E-state index >= 15 is 0 Å². The molecule has 23 heavy (non-hydrogen) atoms. The van der Waals surface area contributed by atoms with E-state index in [1.54, 1.807) is 6.07 Å². The number of para-hydroxylation sites is 2. The van der Waals surface area contributed by atoms with Crippen LogP contribution in [0.15, 0.2) is 24.3 Å². The number of anilines is 1. The number of carbonyl (C=O) groups excluding carboxylic acids is 1. The van der Waals surface area contributed by atoms with Crippen LogP contribution in [0.25, 0.3) is 0 Å². The molecule has 0 atom stereocenters. The normalized spacial score (nSPS) is 16.9. The first-order valence-corrected chi connectivity index (χ1v) is 8.83. The molecular weight excluding hydrogens is 324 g/mol. The highest BCUT2D eigenvalue weighted by molar-refractivity contribution is 7.88. The summed E-state index contributed by atoms with van der Waals surface area (Å²) in [6.07, 6.45) is 1.16. The molecule has 1 aromatic carbocycles. The third-order valence-corrected chi connectivity index (χ3v) is 4.85. The van der Waals surface area contributed by atoms with Gasteiger partial charge in [-0.2, -0.15) is 4.31 Å². The zero-order valence-corrected chi connectivity index (χ0v) is 13.5. The summed E-state index contributed by atoms with van der Waals surface area (Å²) in [6.45, 7) is 1.60. The molecule has 10 heteroatoms. The maximum atomic E-state index is 12.0. The number of sulfonamides is 1. The van der Waals surface area contributed by atoms with Crippen LogP contribution < -0.4 is 5.32 Å². The second-order valence-corrected chi connectivity index (χ2v) is 7.24. The van der Waals surface area contributed by atoms with Crippen LogP contribution in [0.3, 0.4) is 0 Å². The molecule has 0 aliphatic carbocycles. The van der Waals surface area contributed by atoms with Gasteiger partial charge in [0.25, 0.3) is 5.69 Å². The maximum absolute atomic E-state index is 12.0. The van der Waals surface area contributed by atoms with Crippen LogP contribution in [-0.2, 0) is 14.8 Å². The first kappa shape index (κ1) is 17.3. The molecule has 0 spiro atoms. The highest BCUT2D eigenvalue weighted by atomic mass is 32.2. The lowest BCUT2D eigenvalue weighted by atomic mass is 10.2. The number of amides is 1. The molecule has 1 aliphatic rings. The number of nitro benzene ring substituents is 1. The van der Waals surface area contributed by atoms with Gasteiger partial charge in [-0.3, -0.25) is 19.8 Å². The Bertz CT molecular complexity index is 698. The van der Waals surface area contributed by atoms with Gasteiger partial charge < -0.3 is 5.32 Å². The predicted octanol–water partition coefficient (Wildman–Crippen LogP) is 0.111. The van der Waals surface area contributed by atoms with Crippen molar-refractivity contribution in [2.75, 3.05) is 44.3 Å². The van der Waals surface area contributed by atoms with E-state index in [-0.39, 0.29) is 23.8 Å². The number of hydrogen-bond acceptors (Lipinski definition) is 6. The summed E-state index contributed by atoms with van der Waals surface area (Å²) in [5.41, 5.74) is -0.0139. The van der Waals surface area contributed by atoms with Crippen molar-refractivity contribution in [3.63, 3.8) is 0 Å². The third kappa shape index (κ3) is 4.71. The number of benzene rings is 1. The second-order valence-electron chi connectivity index (χ2n) is 5.26. The summed E-state index contributed by atoms with van der Waals surface area (Å²) in [5.74, 6) is -0.368. The Kier molecular flexibility index (Phi) is 5.29. The second kappa shape index (κ2) is 7.02. The van der Waals surface area contributed by atoms with Crippen molar-refractivity contribution in [1.82, 2.24) is 9.21 Å². The zero-order chi connectivity index (χ0) is 17.0. The number of carbonyl (C=O) groups is 1. The standard InChI is InChI=1S/C13H18N4O5S/c1-23(21,22)16-8-6-15(7-9-16)10-13(18)14-11-4-2-3-5-12(11)17(19)20/h2-5H,6-10H2,1H3,(H,14,18). The Labute approximate surface area is 134 Å². The molecule has 0 aromatic heterocycles. The average Bonchev–Trinajstić information content (AvgIpc) is 2.47. The highest BCUT2D eigenvalue weighted by Crippen LogP contribution is 2.23. The Balaban J connectivity index is 1.91. The molecule has 1 saturated heterocycles. The molecule has 126 valence electrons. The lowest BCUT2D eigenvalue weighted by Crippen LogP contribution is -2.50. The van der Waals surface area contributed by atoms with E-state index in [0.29, 0.717) is 26.2 Å². The lowest BCUT2D eigenvalue weighted by molar-refractivity contribution is -0.383. The van der Waals surface area contributed by atoms with Crippen molar-refractivity contribution in [3.05, 3.63) is 34.4 Å². The molecule has 2 rings (SSSR count). The van der Waals surface area contributed by atoms with Crippen molar-refractivity contribution < 1.29 is 18.1 Å². The van der Waals surface area contributed by atoms with Crippen molar-refractivity contribution >= 4 is 27.3 Å². The minimum Gasteiger partial charge on any atom is -0.319 e. The minimum atomic E-state index is -3.21. The van der Waals surface area contributed by atoms with Gasteiger partial charge in [0.1, 0.15) is 5.69 Å². The van der Waals surface area contributed by atoms with Gasteiger partial charge in [0.15, 0.2) is 0 Å². The number of rotatable bonds is 5. The van der Waals surface area contributed by atoms with Gasteiger partial charge >= 0.3 is 0 Å². The molecule has 0 bridgehead atoms. The summed E-state index contributed by atoms with van der Waals surface area (Å²) in [7, 11) is -3.21. The van der Waals surface area contributed by atoms with E-state index in [9.17, 15) is 23.3 Å². The van der Waals surface area contributed by atoms with Crippen LogP contribution in [0.4, 0.5) is 11.4 Å².